The van der Waals surface area contributed by atoms with Crippen LogP contribution in [0.25, 0.3) is 0 Å². The number of furan rings is 1. The molecule has 0 spiro atoms. The van der Waals surface area contributed by atoms with Gasteiger partial charge in [0, 0.05) is 11.6 Å². The van der Waals surface area contributed by atoms with Gasteiger partial charge in [0.05, 0.1) is 6.26 Å². The van der Waals surface area contributed by atoms with Gasteiger partial charge in [-0.2, -0.15) is 0 Å². The molecule has 1 unspecified atom stereocenters. The largest absolute Gasteiger partial charge is 0.466 e. The Morgan fingerprint density at radius 3 is 2.60 bits per heavy atom. The number of halogens is 2. The van der Waals surface area contributed by atoms with E-state index in [4.69, 9.17) is 4.42 Å². The van der Waals surface area contributed by atoms with Crippen molar-refractivity contribution in [1.29, 1.82) is 0 Å². The second-order valence-corrected chi connectivity index (χ2v) is 3.08. The molecule has 0 aliphatic heterocycles. The van der Waals surface area contributed by atoms with E-state index in [0.29, 0.717) is 0 Å². The zero-order valence-electron chi connectivity index (χ0n) is 7.65. The molecule has 0 amide bonds. The Kier molecular flexibility index (Phi) is 2.51. The lowest BCUT2D eigenvalue weighted by Gasteiger charge is -2.08. The van der Waals surface area contributed by atoms with Crippen LogP contribution in [0.3, 0.4) is 0 Å². The third-order valence-electron chi connectivity index (χ3n) is 2.07. The molecule has 2 nitrogen and oxygen atoms in total. The monoisotopic (exact) mass is 210 g/mol. The molecular formula is C11H8F2O2. The average molecular weight is 210 g/mol. The van der Waals surface area contributed by atoms with Crippen molar-refractivity contribution in [2.75, 3.05) is 0 Å². The van der Waals surface area contributed by atoms with Crippen molar-refractivity contribution in [2.45, 2.75) is 6.10 Å². The predicted octanol–water partition coefficient (Wildman–Crippen LogP) is 2.64. The highest BCUT2D eigenvalue weighted by molar-refractivity contribution is 5.26. The summed E-state index contributed by atoms with van der Waals surface area (Å²) >= 11 is 0. The number of benzene rings is 1. The van der Waals surface area contributed by atoms with Crippen molar-refractivity contribution >= 4 is 0 Å². The first-order valence-corrected chi connectivity index (χ1v) is 4.35. The van der Waals surface area contributed by atoms with E-state index in [1.807, 2.05) is 0 Å². The van der Waals surface area contributed by atoms with E-state index in [-0.39, 0.29) is 11.3 Å². The molecule has 0 aliphatic carbocycles. The van der Waals surface area contributed by atoms with E-state index in [9.17, 15) is 13.9 Å². The minimum Gasteiger partial charge on any atom is -0.466 e. The normalized spacial score (nSPS) is 12.7. The molecule has 0 aliphatic rings. The molecule has 1 atom stereocenters. The van der Waals surface area contributed by atoms with E-state index in [1.165, 1.54) is 18.4 Å². The van der Waals surface area contributed by atoms with Crippen molar-refractivity contribution < 1.29 is 18.3 Å². The zero-order chi connectivity index (χ0) is 10.8. The van der Waals surface area contributed by atoms with Crippen molar-refractivity contribution in [1.82, 2.24) is 0 Å². The van der Waals surface area contributed by atoms with Gasteiger partial charge in [0.15, 0.2) is 0 Å². The van der Waals surface area contributed by atoms with Gasteiger partial charge in [0.1, 0.15) is 23.5 Å². The molecule has 2 rings (SSSR count). The van der Waals surface area contributed by atoms with Gasteiger partial charge in [-0.25, -0.2) is 8.78 Å². The van der Waals surface area contributed by atoms with E-state index in [1.54, 1.807) is 6.07 Å². The van der Waals surface area contributed by atoms with E-state index < -0.39 is 17.7 Å². The lowest BCUT2D eigenvalue weighted by atomic mass is 10.1. The minimum absolute atomic E-state index is 0.00801. The van der Waals surface area contributed by atoms with Crippen LogP contribution in [0.2, 0.25) is 0 Å². The van der Waals surface area contributed by atoms with Crippen molar-refractivity contribution in [3.05, 3.63) is 59.6 Å². The van der Waals surface area contributed by atoms with E-state index >= 15 is 0 Å². The standard InChI is InChI=1S/C11H8F2O2/c12-7-3-4-8(9(13)6-7)11(14)10-2-1-5-15-10/h1-6,11,14H. The molecule has 0 bridgehead atoms. The number of hydrogen-bond acceptors (Lipinski definition) is 2. The topological polar surface area (TPSA) is 33.4 Å². The van der Waals surface area contributed by atoms with E-state index in [2.05, 4.69) is 0 Å². The van der Waals surface area contributed by atoms with Crippen LogP contribution in [-0.2, 0) is 0 Å². The number of aliphatic hydroxyl groups excluding tert-OH is 1. The Morgan fingerprint density at radius 2 is 2.00 bits per heavy atom. The smallest absolute Gasteiger partial charge is 0.139 e. The Balaban J connectivity index is 2.38. The summed E-state index contributed by atoms with van der Waals surface area (Å²) in [4.78, 5) is 0. The lowest BCUT2D eigenvalue weighted by molar-refractivity contribution is 0.184. The molecule has 4 heteroatoms. The van der Waals surface area contributed by atoms with Crippen LogP contribution in [0.1, 0.15) is 17.4 Å². The SMILES string of the molecule is OC(c1ccco1)c1ccc(F)cc1F. The Bertz CT molecular complexity index is 452. The van der Waals surface area contributed by atoms with Gasteiger partial charge < -0.3 is 9.52 Å². The van der Waals surface area contributed by atoms with Gasteiger partial charge in [-0.15, -0.1) is 0 Å². The summed E-state index contributed by atoms with van der Waals surface area (Å²) in [5.41, 5.74) is -0.00801. The molecular weight excluding hydrogens is 202 g/mol. The van der Waals surface area contributed by atoms with Crippen LogP contribution >= 0.6 is 0 Å². The van der Waals surface area contributed by atoms with Crippen LogP contribution in [0.15, 0.2) is 41.0 Å². The third-order valence-corrected chi connectivity index (χ3v) is 2.07. The quantitative estimate of drug-likeness (QED) is 0.826. The Hall–Kier alpha value is -1.68. The number of hydrogen-bond donors (Lipinski definition) is 1. The summed E-state index contributed by atoms with van der Waals surface area (Å²) in [5.74, 6) is -1.25. The molecule has 2 aromatic rings. The van der Waals surface area contributed by atoms with Crippen molar-refractivity contribution in [3.8, 4) is 0 Å². The third kappa shape index (κ3) is 1.89. The summed E-state index contributed by atoms with van der Waals surface area (Å²) in [5, 5.41) is 9.70. The molecule has 78 valence electrons. The zero-order valence-corrected chi connectivity index (χ0v) is 7.65. The Labute approximate surface area is 84.8 Å². The summed E-state index contributed by atoms with van der Waals surface area (Å²) in [6.07, 6.45) is 0.167. The van der Waals surface area contributed by atoms with Gasteiger partial charge in [-0.3, -0.25) is 0 Å². The summed E-state index contributed by atoms with van der Waals surface area (Å²) < 4.78 is 30.8. The predicted molar refractivity (Wildman–Crippen MR) is 49.1 cm³/mol. The van der Waals surface area contributed by atoms with Crippen molar-refractivity contribution in [3.63, 3.8) is 0 Å². The second-order valence-electron chi connectivity index (χ2n) is 3.08. The molecule has 1 N–H and O–H groups in total. The highest BCUT2D eigenvalue weighted by Gasteiger charge is 2.17. The number of rotatable bonds is 2. The fourth-order valence-corrected chi connectivity index (χ4v) is 1.32. The summed E-state index contributed by atoms with van der Waals surface area (Å²) in [7, 11) is 0. The molecule has 0 saturated heterocycles. The van der Waals surface area contributed by atoms with Gasteiger partial charge in [-0.05, 0) is 18.2 Å². The fraction of sp³-hybridized carbons (Fsp3) is 0.0909. The second kappa shape index (κ2) is 3.82. The molecule has 0 radical (unpaired) electrons. The molecule has 1 heterocycles. The molecule has 1 aromatic heterocycles. The average Bonchev–Trinajstić information content (AvgIpc) is 2.69. The molecule has 0 fully saturated rings. The van der Waals surface area contributed by atoms with Gasteiger partial charge in [0.25, 0.3) is 0 Å². The van der Waals surface area contributed by atoms with Crippen LogP contribution in [0.5, 0.6) is 0 Å². The maximum atomic E-state index is 13.3. The first-order chi connectivity index (χ1) is 7.18. The van der Waals surface area contributed by atoms with Gasteiger partial charge >= 0.3 is 0 Å². The number of aliphatic hydroxyl groups is 1. The molecule has 0 saturated carbocycles. The lowest BCUT2D eigenvalue weighted by Crippen LogP contribution is -2.01. The first kappa shape index (κ1) is 9.86. The maximum absolute atomic E-state index is 13.3. The van der Waals surface area contributed by atoms with Crippen LogP contribution in [-0.4, -0.2) is 5.11 Å². The first-order valence-electron chi connectivity index (χ1n) is 4.35. The summed E-state index contributed by atoms with van der Waals surface area (Å²) in [6.45, 7) is 0. The molecule has 15 heavy (non-hydrogen) atoms. The van der Waals surface area contributed by atoms with Crippen LogP contribution in [0, 0.1) is 11.6 Å². The summed E-state index contributed by atoms with van der Waals surface area (Å²) in [6, 6.07) is 6.11. The molecule has 1 aromatic carbocycles. The van der Waals surface area contributed by atoms with E-state index in [0.717, 1.165) is 12.1 Å². The minimum atomic E-state index is -1.21. The van der Waals surface area contributed by atoms with Crippen LogP contribution < -0.4 is 0 Å². The highest BCUT2D eigenvalue weighted by atomic mass is 19.1. The van der Waals surface area contributed by atoms with Crippen molar-refractivity contribution in [2.24, 2.45) is 0 Å². The van der Waals surface area contributed by atoms with Gasteiger partial charge in [0.2, 0.25) is 0 Å². The Morgan fingerprint density at radius 1 is 1.20 bits per heavy atom. The van der Waals surface area contributed by atoms with Gasteiger partial charge in [-0.1, -0.05) is 6.07 Å². The van der Waals surface area contributed by atoms with Crippen LogP contribution in [0.4, 0.5) is 8.78 Å². The maximum Gasteiger partial charge on any atom is 0.139 e. The highest BCUT2D eigenvalue weighted by Crippen LogP contribution is 2.24. The fourth-order valence-electron chi connectivity index (χ4n) is 1.32.